The molecule has 0 spiro atoms. The van der Waals surface area contributed by atoms with Crippen molar-refractivity contribution < 1.29 is 0 Å². The third-order valence-corrected chi connectivity index (χ3v) is 4.55. The minimum atomic E-state index is -2.38. The van der Waals surface area contributed by atoms with Crippen LogP contribution in [0.3, 0.4) is 0 Å². The smallest absolute Gasteiger partial charge is 0.179 e. The van der Waals surface area contributed by atoms with Gasteiger partial charge in [-0.15, -0.1) is 33.2 Å². The van der Waals surface area contributed by atoms with E-state index in [0.717, 1.165) is 24.6 Å². The molecule has 1 unspecified atom stereocenters. The van der Waals surface area contributed by atoms with Gasteiger partial charge in [-0.2, -0.15) is 12.6 Å². The molecule has 12 heavy (non-hydrogen) atoms. The zero-order chi connectivity index (χ0) is 9.61. The second-order valence-corrected chi connectivity index (χ2v) is 12.8. The van der Waals surface area contributed by atoms with Gasteiger partial charge in [0.1, 0.15) is 0 Å². The van der Waals surface area contributed by atoms with E-state index in [1.165, 1.54) is 6.42 Å². The van der Waals surface area contributed by atoms with Crippen LogP contribution in [-0.2, 0) is 0 Å². The van der Waals surface area contributed by atoms with E-state index in [1.54, 1.807) is 0 Å². The molecule has 0 aromatic heterocycles. The van der Waals surface area contributed by atoms with Crippen LogP contribution in [0.4, 0.5) is 0 Å². The number of hydrogen-bond donors (Lipinski definition) is 1. The second-order valence-electron chi connectivity index (χ2n) is 3.14. The van der Waals surface area contributed by atoms with Crippen LogP contribution in [0.2, 0.25) is 6.04 Å². The Bertz CT molecular complexity index is 116. The van der Waals surface area contributed by atoms with Crippen molar-refractivity contribution in [1.82, 2.24) is 0 Å². The van der Waals surface area contributed by atoms with Gasteiger partial charge in [0, 0.05) is 0 Å². The molecule has 0 aromatic carbocycles. The zero-order valence-electron chi connectivity index (χ0n) is 7.19. The molecule has 0 nitrogen and oxygen atoms in total. The summed E-state index contributed by atoms with van der Waals surface area (Å²) in [5.41, 5.74) is 0. The summed E-state index contributed by atoms with van der Waals surface area (Å²) < 4.78 is 0. The van der Waals surface area contributed by atoms with Gasteiger partial charge in [0.2, 0.25) is 0 Å². The Morgan fingerprint density at radius 2 is 1.83 bits per heavy atom. The Morgan fingerprint density at radius 3 is 2.25 bits per heavy atom. The van der Waals surface area contributed by atoms with E-state index in [9.17, 15) is 0 Å². The molecular weight excluding hydrogens is 251 g/mol. The molecule has 0 N–H and O–H groups in total. The van der Waals surface area contributed by atoms with Crippen LogP contribution in [-0.4, -0.2) is 11.8 Å². The summed E-state index contributed by atoms with van der Waals surface area (Å²) in [5, 5.41) is 0. The summed E-state index contributed by atoms with van der Waals surface area (Å²) in [7, 11) is 0. The summed E-state index contributed by atoms with van der Waals surface area (Å²) in [6.45, 7) is 2.15. The maximum atomic E-state index is 5.80. The number of halogens is 3. The van der Waals surface area contributed by atoms with Gasteiger partial charge < -0.3 is 0 Å². The van der Waals surface area contributed by atoms with Gasteiger partial charge in [-0.3, -0.25) is 0 Å². The monoisotopic (exact) mass is 264 g/mol. The Balaban J connectivity index is 3.40. The molecule has 0 fully saturated rings. The summed E-state index contributed by atoms with van der Waals surface area (Å²) >= 11 is 21.5. The molecule has 0 aliphatic heterocycles. The zero-order valence-corrected chi connectivity index (χ0v) is 11.4. The van der Waals surface area contributed by atoms with Gasteiger partial charge in [0.05, 0.1) is 0 Å². The molecule has 0 saturated carbocycles. The fraction of sp³-hybridized carbons (Fsp3) is 1.00. The van der Waals surface area contributed by atoms with Crippen LogP contribution in [0.25, 0.3) is 0 Å². The highest BCUT2D eigenvalue weighted by molar-refractivity contribution is 7.80. The predicted molar refractivity (Wildman–Crippen MR) is 65.0 cm³/mol. The maximum Gasteiger partial charge on any atom is 0.341 e. The van der Waals surface area contributed by atoms with Gasteiger partial charge >= 0.3 is 6.00 Å². The molecular formula is C7H15Cl3SSi. The SMILES string of the molecule is CC(CCCCS)C[Si](Cl)(Cl)Cl. The lowest BCUT2D eigenvalue weighted by molar-refractivity contribution is 0.549. The molecule has 5 heteroatoms. The van der Waals surface area contributed by atoms with E-state index in [2.05, 4.69) is 19.6 Å². The lowest BCUT2D eigenvalue weighted by Gasteiger charge is -2.14. The van der Waals surface area contributed by atoms with Crippen molar-refractivity contribution in [2.75, 3.05) is 5.75 Å². The fourth-order valence-corrected chi connectivity index (χ4v) is 4.69. The molecule has 0 heterocycles. The van der Waals surface area contributed by atoms with Gasteiger partial charge in [-0.05, 0) is 24.1 Å². The van der Waals surface area contributed by atoms with E-state index in [-0.39, 0.29) is 0 Å². The highest BCUT2D eigenvalue weighted by Crippen LogP contribution is 2.30. The van der Waals surface area contributed by atoms with Crippen molar-refractivity contribution in [3.05, 3.63) is 0 Å². The molecule has 0 saturated heterocycles. The van der Waals surface area contributed by atoms with Gasteiger partial charge in [0.25, 0.3) is 0 Å². The summed E-state index contributed by atoms with van der Waals surface area (Å²) in [5.74, 6) is 1.50. The standard InChI is InChI=1S/C7H15Cl3SSi/c1-7(4-2-3-5-11)6-12(8,9)10/h7,11H,2-6H2,1H3. The van der Waals surface area contributed by atoms with Crippen LogP contribution in [0.5, 0.6) is 0 Å². The first-order chi connectivity index (χ1) is 5.45. The predicted octanol–water partition coefficient (Wildman–Crippen LogP) is 4.38. The van der Waals surface area contributed by atoms with Crippen molar-refractivity contribution in [2.45, 2.75) is 32.2 Å². The van der Waals surface area contributed by atoms with Crippen molar-refractivity contribution in [1.29, 1.82) is 0 Å². The minimum absolute atomic E-state index is 0.545. The Kier molecular flexibility index (Phi) is 7.64. The van der Waals surface area contributed by atoms with Crippen molar-refractivity contribution >= 4 is 51.9 Å². The Hall–Kier alpha value is 1.44. The highest BCUT2D eigenvalue weighted by atomic mass is 35.8. The average molecular weight is 266 g/mol. The highest BCUT2D eigenvalue weighted by Gasteiger charge is 2.27. The number of rotatable bonds is 6. The van der Waals surface area contributed by atoms with E-state index >= 15 is 0 Å². The molecule has 0 rings (SSSR count). The maximum absolute atomic E-state index is 5.80. The van der Waals surface area contributed by atoms with Crippen molar-refractivity contribution in [2.24, 2.45) is 5.92 Å². The van der Waals surface area contributed by atoms with Crippen molar-refractivity contribution in [3.63, 3.8) is 0 Å². The second kappa shape index (κ2) is 6.83. The van der Waals surface area contributed by atoms with Gasteiger partial charge in [-0.25, -0.2) is 0 Å². The van der Waals surface area contributed by atoms with Crippen LogP contribution in [0.1, 0.15) is 26.2 Å². The number of hydrogen-bond acceptors (Lipinski definition) is 1. The van der Waals surface area contributed by atoms with Gasteiger partial charge in [-0.1, -0.05) is 19.8 Å². The third-order valence-electron chi connectivity index (χ3n) is 1.68. The van der Waals surface area contributed by atoms with Crippen LogP contribution in [0, 0.1) is 5.92 Å². The topological polar surface area (TPSA) is 0 Å². The molecule has 0 aliphatic carbocycles. The Labute approximate surface area is 95.5 Å². The molecule has 0 amide bonds. The van der Waals surface area contributed by atoms with Gasteiger partial charge in [0.15, 0.2) is 0 Å². The molecule has 1 atom stereocenters. The Morgan fingerprint density at radius 1 is 1.25 bits per heavy atom. The summed E-state index contributed by atoms with van der Waals surface area (Å²) in [6, 6.07) is -1.60. The van der Waals surface area contributed by atoms with Crippen LogP contribution < -0.4 is 0 Å². The minimum Gasteiger partial charge on any atom is -0.179 e. The van der Waals surface area contributed by atoms with Crippen LogP contribution >= 0.6 is 45.9 Å². The molecule has 0 bridgehead atoms. The largest absolute Gasteiger partial charge is 0.341 e. The number of unbranched alkanes of at least 4 members (excludes halogenated alkanes) is 1. The van der Waals surface area contributed by atoms with E-state index in [0.29, 0.717) is 5.92 Å². The third kappa shape index (κ3) is 9.52. The lowest BCUT2D eigenvalue weighted by Crippen LogP contribution is -2.13. The average Bonchev–Trinajstić information content (AvgIpc) is 1.84. The first-order valence-electron chi connectivity index (χ1n) is 4.13. The summed E-state index contributed by atoms with van der Waals surface area (Å²) in [6.07, 6.45) is 3.51. The molecule has 0 aliphatic rings. The lowest BCUT2D eigenvalue weighted by atomic mass is 10.1. The van der Waals surface area contributed by atoms with E-state index in [1.807, 2.05) is 0 Å². The normalized spacial score (nSPS) is 14.8. The number of thiol groups is 1. The van der Waals surface area contributed by atoms with Crippen molar-refractivity contribution in [3.8, 4) is 0 Å². The molecule has 74 valence electrons. The van der Waals surface area contributed by atoms with Crippen LogP contribution in [0.15, 0.2) is 0 Å². The molecule has 0 aromatic rings. The van der Waals surface area contributed by atoms with E-state index in [4.69, 9.17) is 33.2 Å². The first-order valence-corrected chi connectivity index (χ1v) is 10.0. The first kappa shape index (κ1) is 13.4. The van der Waals surface area contributed by atoms with E-state index < -0.39 is 6.00 Å². The fourth-order valence-electron chi connectivity index (χ4n) is 1.10. The molecule has 0 radical (unpaired) electrons. The quantitative estimate of drug-likeness (QED) is 0.313. The summed E-state index contributed by atoms with van der Waals surface area (Å²) in [4.78, 5) is 0.